The summed E-state index contributed by atoms with van der Waals surface area (Å²) >= 11 is 0. The normalized spacial score (nSPS) is 19.2. The van der Waals surface area contributed by atoms with E-state index in [1.165, 1.54) is 65.8 Å². The average molecular weight is 387 g/mol. The number of hydrogen-bond donors (Lipinski definition) is 0. The fraction of sp³-hybridized carbons (Fsp3) is 0.400. The summed E-state index contributed by atoms with van der Waals surface area (Å²) in [5, 5.41) is 1.43. The summed E-state index contributed by atoms with van der Waals surface area (Å²) in [5.74, 6) is 0. The molecule has 1 saturated heterocycles. The number of benzene rings is 1. The van der Waals surface area contributed by atoms with Crippen molar-refractivity contribution < 1.29 is 0 Å². The molecule has 0 bridgehead atoms. The maximum atomic E-state index is 4.13. The minimum absolute atomic E-state index is 0.731. The molecule has 4 nitrogen and oxygen atoms in total. The van der Waals surface area contributed by atoms with Crippen molar-refractivity contribution in [2.75, 3.05) is 26.7 Å². The van der Waals surface area contributed by atoms with Gasteiger partial charge in [0.05, 0.1) is 5.52 Å². The maximum Gasteiger partial charge on any atom is 0.0528 e. The summed E-state index contributed by atoms with van der Waals surface area (Å²) < 4.78 is 2.43. The van der Waals surface area contributed by atoms with Gasteiger partial charge >= 0.3 is 0 Å². The quantitative estimate of drug-likeness (QED) is 0.666. The first-order chi connectivity index (χ1) is 14.2. The highest BCUT2D eigenvalue weighted by molar-refractivity contribution is 5.89. The Balaban J connectivity index is 1.51. The van der Waals surface area contributed by atoms with Crippen LogP contribution in [0.2, 0.25) is 0 Å². The molecular formula is C25H30N4. The Hall–Kier alpha value is -2.43. The molecule has 0 unspecified atom stereocenters. The van der Waals surface area contributed by atoms with Gasteiger partial charge in [0, 0.05) is 55.2 Å². The third kappa shape index (κ3) is 3.63. The lowest BCUT2D eigenvalue weighted by molar-refractivity contribution is 0.109. The number of piperidine rings is 1. The molecule has 1 aromatic carbocycles. The molecule has 4 heterocycles. The number of hydrogen-bond acceptors (Lipinski definition) is 3. The summed E-state index contributed by atoms with van der Waals surface area (Å²) in [7, 11) is 2.25. The van der Waals surface area contributed by atoms with Gasteiger partial charge in [-0.3, -0.25) is 9.88 Å². The van der Waals surface area contributed by atoms with Crippen molar-refractivity contribution >= 4 is 23.2 Å². The average Bonchev–Trinajstić information content (AvgIpc) is 3.06. The lowest BCUT2D eigenvalue weighted by Crippen LogP contribution is -2.45. The van der Waals surface area contributed by atoms with Crippen molar-refractivity contribution in [1.29, 1.82) is 0 Å². The van der Waals surface area contributed by atoms with Crippen molar-refractivity contribution in [1.82, 2.24) is 19.4 Å². The minimum atomic E-state index is 0.731. The predicted octanol–water partition coefficient (Wildman–Crippen LogP) is 4.42. The van der Waals surface area contributed by atoms with E-state index in [4.69, 9.17) is 0 Å². The number of rotatable bonds is 3. The van der Waals surface area contributed by atoms with Crippen molar-refractivity contribution in [2.45, 2.75) is 38.8 Å². The molecule has 4 heteroatoms. The highest BCUT2D eigenvalue weighted by atomic mass is 15.2. The summed E-state index contributed by atoms with van der Waals surface area (Å²) in [5.41, 5.74) is 6.88. The smallest absolute Gasteiger partial charge is 0.0528 e. The highest BCUT2D eigenvalue weighted by Gasteiger charge is 2.29. The number of aromatic nitrogens is 2. The van der Waals surface area contributed by atoms with E-state index < -0.39 is 0 Å². The molecule has 2 aliphatic rings. The van der Waals surface area contributed by atoms with E-state index in [0.29, 0.717) is 0 Å². The Morgan fingerprint density at radius 1 is 1.03 bits per heavy atom. The molecule has 2 aliphatic heterocycles. The molecule has 0 atom stereocenters. The van der Waals surface area contributed by atoms with Crippen molar-refractivity contribution in [3.63, 3.8) is 0 Å². The van der Waals surface area contributed by atoms with Crippen molar-refractivity contribution in [2.24, 2.45) is 0 Å². The summed E-state index contributed by atoms with van der Waals surface area (Å²) in [6.45, 7) is 6.90. The van der Waals surface area contributed by atoms with Gasteiger partial charge in [-0.25, -0.2) is 0 Å². The number of aryl methyl sites for hydroxylation is 1. The number of nitrogens with zero attached hydrogens (tertiary/aromatic N) is 4. The van der Waals surface area contributed by atoms with Crippen molar-refractivity contribution in [3.8, 4) is 0 Å². The second-order valence-corrected chi connectivity index (χ2v) is 8.67. The van der Waals surface area contributed by atoms with Gasteiger partial charge in [0.1, 0.15) is 0 Å². The fourth-order valence-corrected chi connectivity index (χ4v) is 5.00. The predicted molar refractivity (Wildman–Crippen MR) is 121 cm³/mol. The Kier molecular flexibility index (Phi) is 4.98. The SMILES string of the molecule is Cc1ccc2c(c1)c1c(n2/C=C/c2ccncc2)CCN(C2CCN(C)CC2)C1. The third-order valence-corrected chi connectivity index (χ3v) is 6.70. The van der Waals surface area contributed by atoms with E-state index in [-0.39, 0.29) is 0 Å². The standard InChI is InChI=1S/C25H30N4/c1-19-3-4-24-22(17-19)23-18-28(21-8-13-27(2)14-9-21)15-10-25(23)29(24)16-7-20-5-11-26-12-6-20/h3-7,11-12,16-17,21H,8-10,13-15,18H2,1-2H3/b16-7+. The van der Waals surface area contributed by atoms with Crippen molar-refractivity contribution in [3.05, 3.63) is 65.1 Å². The first-order valence-corrected chi connectivity index (χ1v) is 10.8. The van der Waals surface area contributed by atoms with Crippen LogP contribution in [0.4, 0.5) is 0 Å². The number of pyridine rings is 1. The summed E-state index contributed by atoms with van der Waals surface area (Å²) in [6.07, 6.45) is 11.9. The zero-order valence-electron chi connectivity index (χ0n) is 17.5. The Bertz CT molecular complexity index is 1030. The molecule has 1 fully saturated rings. The Morgan fingerprint density at radius 3 is 2.62 bits per heavy atom. The van der Waals surface area contributed by atoms with Gasteiger partial charge in [-0.2, -0.15) is 0 Å². The van der Waals surface area contributed by atoms with E-state index in [1.807, 2.05) is 12.4 Å². The molecule has 29 heavy (non-hydrogen) atoms. The van der Waals surface area contributed by atoms with Gasteiger partial charge < -0.3 is 9.47 Å². The van der Waals surface area contributed by atoms with Gasteiger partial charge in [-0.05, 0) is 81.4 Å². The van der Waals surface area contributed by atoms with Gasteiger partial charge in [0.15, 0.2) is 0 Å². The third-order valence-electron chi connectivity index (χ3n) is 6.70. The Morgan fingerprint density at radius 2 is 1.83 bits per heavy atom. The van der Waals surface area contributed by atoms with Crippen LogP contribution in [-0.2, 0) is 13.0 Å². The lowest BCUT2D eigenvalue weighted by atomic mass is 9.97. The molecule has 0 radical (unpaired) electrons. The highest BCUT2D eigenvalue weighted by Crippen LogP contribution is 2.34. The van der Waals surface area contributed by atoms with Gasteiger partial charge in [-0.1, -0.05) is 11.6 Å². The first kappa shape index (κ1) is 18.6. The van der Waals surface area contributed by atoms with Gasteiger partial charge in [0.25, 0.3) is 0 Å². The van der Waals surface area contributed by atoms with Crippen LogP contribution >= 0.6 is 0 Å². The Labute approximate surface area is 173 Å². The maximum absolute atomic E-state index is 4.13. The molecule has 150 valence electrons. The number of likely N-dealkylation sites (tertiary alicyclic amines) is 1. The topological polar surface area (TPSA) is 24.3 Å². The van der Waals surface area contributed by atoms with E-state index in [9.17, 15) is 0 Å². The van der Waals surface area contributed by atoms with Crippen LogP contribution in [-0.4, -0.2) is 52.1 Å². The van der Waals surface area contributed by atoms with Crippen LogP contribution in [0.3, 0.4) is 0 Å². The molecule has 0 spiro atoms. The first-order valence-electron chi connectivity index (χ1n) is 10.8. The summed E-state index contributed by atoms with van der Waals surface area (Å²) in [4.78, 5) is 9.34. The second kappa shape index (κ2) is 7.77. The molecule has 0 N–H and O–H groups in total. The largest absolute Gasteiger partial charge is 0.320 e. The minimum Gasteiger partial charge on any atom is -0.320 e. The van der Waals surface area contributed by atoms with Crippen LogP contribution < -0.4 is 0 Å². The number of fused-ring (bicyclic) bond motifs is 3. The molecule has 0 aliphatic carbocycles. The zero-order valence-corrected chi connectivity index (χ0v) is 17.5. The molecule has 2 aromatic heterocycles. The van der Waals surface area contributed by atoms with Crippen LogP contribution in [0.25, 0.3) is 23.2 Å². The van der Waals surface area contributed by atoms with Crippen LogP contribution in [0.5, 0.6) is 0 Å². The second-order valence-electron chi connectivity index (χ2n) is 8.67. The van der Waals surface area contributed by atoms with E-state index in [1.54, 1.807) is 0 Å². The van der Waals surface area contributed by atoms with E-state index in [0.717, 1.165) is 19.0 Å². The molecule has 0 saturated carbocycles. The lowest BCUT2D eigenvalue weighted by Gasteiger charge is -2.39. The summed E-state index contributed by atoms with van der Waals surface area (Å²) in [6, 6.07) is 11.7. The monoisotopic (exact) mass is 386 g/mol. The van der Waals surface area contributed by atoms with Crippen LogP contribution in [0.1, 0.15) is 35.2 Å². The molecule has 3 aromatic rings. The van der Waals surface area contributed by atoms with Crippen LogP contribution in [0, 0.1) is 6.92 Å². The van der Waals surface area contributed by atoms with E-state index >= 15 is 0 Å². The van der Waals surface area contributed by atoms with Gasteiger partial charge in [-0.15, -0.1) is 0 Å². The van der Waals surface area contributed by atoms with E-state index in [2.05, 4.69) is 75.9 Å². The fourth-order valence-electron chi connectivity index (χ4n) is 5.00. The zero-order chi connectivity index (χ0) is 19.8. The molecule has 0 amide bonds. The molecular weight excluding hydrogens is 356 g/mol. The van der Waals surface area contributed by atoms with Gasteiger partial charge in [0.2, 0.25) is 0 Å². The van der Waals surface area contributed by atoms with Crippen LogP contribution in [0.15, 0.2) is 42.7 Å². The molecule has 5 rings (SSSR count).